The van der Waals surface area contributed by atoms with Crippen LogP contribution >= 0.6 is 0 Å². The molecule has 3 aromatic carbocycles. The normalized spacial score (nSPS) is 12.4. The number of rotatable bonds is 11. The van der Waals surface area contributed by atoms with Crippen LogP contribution in [-0.4, -0.2) is 43.6 Å². The van der Waals surface area contributed by atoms with E-state index in [2.05, 4.69) is 10.2 Å². The van der Waals surface area contributed by atoms with Crippen molar-refractivity contribution in [3.8, 4) is 11.5 Å². The first-order valence-corrected chi connectivity index (χ1v) is 14.1. The van der Waals surface area contributed by atoms with E-state index in [1.807, 2.05) is 0 Å². The second kappa shape index (κ2) is 13.6. The van der Waals surface area contributed by atoms with E-state index in [-0.39, 0.29) is 36.3 Å². The Kier molecular flexibility index (Phi) is 10.4. The van der Waals surface area contributed by atoms with Crippen LogP contribution < -0.4 is 20.5 Å². The molecule has 0 spiro atoms. The molecule has 0 saturated carbocycles. The fourth-order valence-corrected chi connectivity index (χ4v) is 4.85. The van der Waals surface area contributed by atoms with Crippen LogP contribution in [0.4, 0.5) is 18.9 Å². The van der Waals surface area contributed by atoms with Crippen molar-refractivity contribution >= 4 is 27.6 Å². The zero-order chi connectivity index (χ0) is 31.1. The molecule has 1 unspecified atom stereocenters. The Bertz CT molecular complexity index is 1480. The largest absolute Gasteiger partial charge is 0.493 e. The predicted molar refractivity (Wildman–Crippen MR) is 147 cm³/mol. The van der Waals surface area contributed by atoms with Crippen molar-refractivity contribution in [3.63, 3.8) is 0 Å². The van der Waals surface area contributed by atoms with Crippen LogP contribution in [0.5, 0.6) is 11.5 Å². The van der Waals surface area contributed by atoms with Gasteiger partial charge in [-0.2, -0.15) is 21.6 Å². The van der Waals surface area contributed by atoms with Crippen LogP contribution in [0.1, 0.15) is 37.9 Å². The monoisotopic (exact) mass is 609 g/mol. The summed E-state index contributed by atoms with van der Waals surface area (Å²) in [5, 5.41) is 2.83. The molecule has 226 valence electrons. The van der Waals surface area contributed by atoms with Gasteiger partial charge in [0.25, 0.3) is 15.9 Å². The Morgan fingerprint density at radius 2 is 1.62 bits per heavy atom. The third-order valence-electron chi connectivity index (χ3n) is 5.55. The number of anilines is 1. The maximum atomic E-state index is 13.9. The van der Waals surface area contributed by atoms with Crippen LogP contribution in [0.25, 0.3) is 0 Å². The molecule has 0 heterocycles. The number of nitrogens with zero attached hydrogens (tertiary/aromatic N) is 1. The van der Waals surface area contributed by atoms with Gasteiger partial charge in [-0.25, -0.2) is 4.79 Å². The first-order chi connectivity index (χ1) is 19.8. The lowest BCUT2D eigenvalue weighted by Crippen LogP contribution is -2.45. The maximum Gasteiger partial charge on any atom is 0.493 e. The predicted octanol–water partition coefficient (Wildman–Crippen LogP) is 4.72. The zero-order valence-electron chi connectivity index (χ0n) is 22.9. The van der Waals surface area contributed by atoms with Crippen LogP contribution in [0, 0.1) is 0 Å². The van der Waals surface area contributed by atoms with Crippen LogP contribution in [-0.2, 0) is 31.0 Å². The number of halogens is 3. The lowest BCUT2D eigenvalue weighted by molar-refractivity contribution is -0.223. The van der Waals surface area contributed by atoms with Gasteiger partial charge in [0.05, 0.1) is 17.6 Å². The van der Waals surface area contributed by atoms with Gasteiger partial charge < -0.3 is 25.4 Å². The maximum absolute atomic E-state index is 13.9. The fraction of sp³-hybridized carbons (Fsp3) is 0.286. The van der Waals surface area contributed by atoms with E-state index in [1.165, 1.54) is 36.4 Å². The second-order valence-corrected chi connectivity index (χ2v) is 10.8. The number of hydrogen-bond acceptors (Lipinski definition) is 9. The summed E-state index contributed by atoms with van der Waals surface area (Å²) < 4.78 is 77.4. The van der Waals surface area contributed by atoms with Crippen molar-refractivity contribution < 1.29 is 45.5 Å². The minimum atomic E-state index is -5.61. The molecule has 1 atom stereocenters. The SMILES string of the molecule is CCOc1cc(C(Nc2ccc(CN)cc2)C(=O)N(OC(=O)C(F)(F)F)S(=O)(=O)c2ccccc2)ccc1OC(C)C. The quantitative estimate of drug-likeness (QED) is 0.296. The number of hydroxylamine groups is 1. The van der Waals surface area contributed by atoms with E-state index in [4.69, 9.17) is 15.2 Å². The van der Waals surface area contributed by atoms with Gasteiger partial charge in [0.1, 0.15) is 6.04 Å². The molecule has 0 bridgehead atoms. The van der Waals surface area contributed by atoms with Crippen molar-refractivity contribution in [1.82, 2.24) is 4.47 Å². The summed E-state index contributed by atoms with van der Waals surface area (Å²) in [6, 6.07) is 15.0. The lowest BCUT2D eigenvalue weighted by atomic mass is 10.0. The second-order valence-electron chi connectivity index (χ2n) is 9.04. The summed E-state index contributed by atoms with van der Waals surface area (Å²) in [7, 11) is -5.13. The molecule has 3 rings (SSSR count). The summed E-state index contributed by atoms with van der Waals surface area (Å²) in [6.07, 6.45) is -5.86. The number of hydrogen-bond donors (Lipinski definition) is 2. The fourth-order valence-electron chi connectivity index (χ4n) is 3.65. The molecule has 0 aromatic heterocycles. The Hall–Kier alpha value is -4.30. The Morgan fingerprint density at radius 1 is 0.976 bits per heavy atom. The first kappa shape index (κ1) is 32.2. The Labute approximate surface area is 241 Å². The van der Waals surface area contributed by atoms with Crippen molar-refractivity contribution in [1.29, 1.82) is 0 Å². The third kappa shape index (κ3) is 7.91. The first-order valence-electron chi connectivity index (χ1n) is 12.7. The number of carbonyl (C=O) groups excluding carboxylic acids is 2. The van der Waals surface area contributed by atoms with Crippen molar-refractivity contribution in [3.05, 3.63) is 83.9 Å². The Morgan fingerprint density at radius 3 is 2.17 bits per heavy atom. The smallest absolute Gasteiger partial charge is 0.490 e. The van der Waals surface area contributed by atoms with Crippen molar-refractivity contribution in [2.75, 3.05) is 11.9 Å². The highest BCUT2D eigenvalue weighted by Gasteiger charge is 2.47. The average Bonchev–Trinajstić information content (AvgIpc) is 2.95. The number of alkyl halides is 3. The highest BCUT2D eigenvalue weighted by Crippen LogP contribution is 2.34. The van der Waals surface area contributed by atoms with Gasteiger partial charge >= 0.3 is 12.1 Å². The van der Waals surface area contributed by atoms with Gasteiger partial charge in [-0.1, -0.05) is 40.9 Å². The minimum Gasteiger partial charge on any atom is -0.490 e. The van der Waals surface area contributed by atoms with E-state index in [1.54, 1.807) is 45.0 Å². The van der Waals surface area contributed by atoms with Gasteiger partial charge in [-0.05, 0) is 68.3 Å². The van der Waals surface area contributed by atoms with E-state index >= 15 is 0 Å². The highest BCUT2D eigenvalue weighted by molar-refractivity contribution is 7.89. The molecule has 0 fully saturated rings. The summed E-state index contributed by atoms with van der Waals surface area (Å²) >= 11 is 0. The molecule has 10 nitrogen and oxygen atoms in total. The molecule has 14 heteroatoms. The van der Waals surface area contributed by atoms with Gasteiger partial charge in [-0.3, -0.25) is 4.79 Å². The number of amides is 1. The molecule has 42 heavy (non-hydrogen) atoms. The van der Waals surface area contributed by atoms with Crippen molar-refractivity contribution in [2.24, 2.45) is 5.73 Å². The third-order valence-corrected chi connectivity index (χ3v) is 7.11. The number of ether oxygens (including phenoxy) is 2. The van der Waals surface area contributed by atoms with Gasteiger partial charge in [0.15, 0.2) is 11.5 Å². The number of nitrogens with one attached hydrogen (secondary N) is 1. The van der Waals surface area contributed by atoms with Crippen molar-refractivity contribution in [2.45, 2.75) is 50.5 Å². The lowest BCUT2D eigenvalue weighted by Gasteiger charge is -2.27. The number of nitrogens with two attached hydrogens (primary N) is 1. The van der Waals surface area contributed by atoms with Crippen LogP contribution in [0.15, 0.2) is 77.7 Å². The van der Waals surface area contributed by atoms with Crippen LogP contribution in [0.3, 0.4) is 0 Å². The van der Waals surface area contributed by atoms with E-state index < -0.39 is 43.5 Å². The van der Waals surface area contributed by atoms with Gasteiger partial charge in [0.2, 0.25) is 0 Å². The molecule has 3 aromatic rings. The molecule has 0 aliphatic rings. The van der Waals surface area contributed by atoms with E-state index in [0.29, 0.717) is 5.75 Å². The molecular formula is C28H30F3N3O7S. The molecule has 0 radical (unpaired) electrons. The Balaban J connectivity index is 2.18. The summed E-state index contributed by atoms with van der Waals surface area (Å²) in [6.45, 7) is 5.68. The van der Waals surface area contributed by atoms with Gasteiger partial charge in [-0.15, -0.1) is 0 Å². The van der Waals surface area contributed by atoms with E-state index in [0.717, 1.165) is 17.7 Å². The number of sulfonamides is 1. The molecule has 3 N–H and O–H groups in total. The average molecular weight is 610 g/mol. The van der Waals surface area contributed by atoms with Crippen LogP contribution in [0.2, 0.25) is 0 Å². The highest BCUT2D eigenvalue weighted by atomic mass is 32.2. The number of benzene rings is 3. The summed E-state index contributed by atoms with van der Waals surface area (Å²) in [4.78, 5) is 29.4. The molecule has 0 aliphatic carbocycles. The van der Waals surface area contributed by atoms with Gasteiger partial charge in [0, 0.05) is 12.2 Å². The molecular weight excluding hydrogens is 579 g/mol. The standard InChI is InChI=1S/C28H30F3N3O7S/c1-4-39-24-16-20(12-15-23(24)40-18(2)3)25(33-21-13-10-19(17-32)11-14-21)26(35)34(41-27(36)28(29,30)31)42(37,38)22-8-6-5-7-9-22/h5-16,18,25,33H,4,17,32H2,1-3H3. The molecule has 1 amide bonds. The minimum absolute atomic E-state index is 0.0683. The molecule has 0 aliphatic heterocycles. The summed E-state index contributed by atoms with van der Waals surface area (Å²) in [5.74, 6) is -3.95. The molecule has 0 saturated heterocycles. The summed E-state index contributed by atoms with van der Waals surface area (Å²) in [5.41, 5.74) is 6.74. The zero-order valence-corrected chi connectivity index (χ0v) is 23.7. The van der Waals surface area contributed by atoms with E-state index in [9.17, 15) is 31.2 Å². The number of carbonyl (C=O) groups is 2. The topological polar surface area (TPSA) is 137 Å².